The number of rotatable bonds is 11. The van der Waals surface area contributed by atoms with Crippen molar-refractivity contribution < 1.29 is 9.90 Å². The van der Waals surface area contributed by atoms with Crippen LogP contribution in [-0.4, -0.2) is 65.7 Å². The van der Waals surface area contributed by atoms with Crippen LogP contribution in [0.3, 0.4) is 0 Å². The van der Waals surface area contributed by atoms with Crippen LogP contribution in [0.15, 0.2) is 91.0 Å². The molecule has 0 aromatic heterocycles. The van der Waals surface area contributed by atoms with Gasteiger partial charge in [-0.25, -0.2) is 0 Å². The van der Waals surface area contributed by atoms with Crippen LogP contribution in [0.5, 0.6) is 0 Å². The first kappa shape index (κ1) is 26.1. The monoisotopic (exact) mass is 485 g/mol. The SMILES string of the molecule is CCC(C(=O)N[C@@H](Cc1ccccc1)[C@@H](O)CN1CCN(Cc2ccccc2)CC1)c1ccccc1. The largest absolute Gasteiger partial charge is 0.390 e. The van der Waals surface area contributed by atoms with Gasteiger partial charge in [0.25, 0.3) is 0 Å². The van der Waals surface area contributed by atoms with E-state index in [1.165, 1.54) is 5.56 Å². The molecule has 0 bridgehead atoms. The average Bonchev–Trinajstić information content (AvgIpc) is 2.92. The van der Waals surface area contributed by atoms with Crippen LogP contribution < -0.4 is 5.32 Å². The number of amides is 1. The Hall–Kier alpha value is -2.99. The third-order valence-electron chi connectivity index (χ3n) is 7.18. The lowest BCUT2D eigenvalue weighted by atomic mass is 9.94. The van der Waals surface area contributed by atoms with Gasteiger partial charge >= 0.3 is 0 Å². The fourth-order valence-corrected chi connectivity index (χ4v) is 5.06. The zero-order chi connectivity index (χ0) is 25.2. The lowest BCUT2D eigenvalue weighted by Gasteiger charge is -2.37. The quantitative estimate of drug-likeness (QED) is 0.430. The van der Waals surface area contributed by atoms with E-state index in [9.17, 15) is 9.90 Å². The van der Waals surface area contributed by atoms with Crippen molar-refractivity contribution in [3.8, 4) is 0 Å². The molecule has 36 heavy (non-hydrogen) atoms. The molecule has 4 rings (SSSR count). The van der Waals surface area contributed by atoms with Gasteiger partial charge in [0.15, 0.2) is 0 Å². The summed E-state index contributed by atoms with van der Waals surface area (Å²) in [5, 5.41) is 14.5. The van der Waals surface area contributed by atoms with Gasteiger partial charge in [-0.05, 0) is 29.5 Å². The van der Waals surface area contributed by atoms with Gasteiger partial charge in [0.2, 0.25) is 5.91 Å². The van der Waals surface area contributed by atoms with Crippen molar-refractivity contribution in [3.05, 3.63) is 108 Å². The number of nitrogens with zero attached hydrogens (tertiary/aromatic N) is 2. The van der Waals surface area contributed by atoms with Crippen LogP contribution in [0.2, 0.25) is 0 Å². The molecule has 190 valence electrons. The Kier molecular flexibility index (Phi) is 9.68. The molecule has 3 aromatic rings. The fraction of sp³-hybridized carbons (Fsp3) is 0.387. The predicted molar refractivity (Wildman–Crippen MR) is 146 cm³/mol. The van der Waals surface area contributed by atoms with E-state index in [-0.39, 0.29) is 17.9 Å². The normalized spacial score (nSPS) is 17.3. The molecule has 1 aliphatic rings. The number of piperazine rings is 1. The van der Waals surface area contributed by atoms with E-state index < -0.39 is 6.10 Å². The van der Waals surface area contributed by atoms with E-state index in [2.05, 4.69) is 57.6 Å². The van der Waals surface area contributed by atoms with Crippen LogP contribution in [0, 0.1) is 0 Å². The molecule has 2 N–H and O–H groups in total. The number of aliphatic hydroxyl groups excluding tert-OH is 1. The summed E-state index contributed by atoms with van der Waals surface area (Å²) < 4.78 is 0. The Morgan fingerprint density at radius 2 is 1.33 bits per heavy atom. The summed E-state index contributed by atoms with van der Waals surface area (Å²) in [4.78, 5) is 18.1. The minimum Gasteiger partial charge on any atom is -0.390 e. The maximum Gasteiger partial charge on any atom is 0.227 e. The molecular weight excluding hydrogens is 446 g/mol. The molecule has 1 aliphatic heterocycles. The van der Waals surface area contributed by atoms with Gasteiger partial charge in [0.05, 0.1) is 18.1 Å². The number of benzene rings is 3. The summed E-state index contributed by atoms with van der Waals surface area (Å²) in [5.41, 5.74) is 3.46. The van der Waals surface area contributed by atoms with Gasteiger partial charge in [-0.15, -0.1) is 0 Å². The van der Waals surface area contributed by atoms with E-state index in [4.69, 9.17) is 0 Å². The smallest absolute Gasteiger partial charge is 0.227 e. The summed E-state index contributed by atoms with van der Waals surface area (Å²) in [6, 6.07) is 30.3. The van der Waals surface area contributed by atoms with Crippen molar-refractivity contribution in [2.75, 3.05) is 32.7 Å². The number of carbonyl (C=O) groups is 1. The van der Waals surface area contributed by atoms with Gasteiger partial charge in [-0.3, -0.25) is 14.6 Å². The number of nitrogens with one attached hydrogen (secondary N) is 1. The second kappa shape index (κ2) is 13.4. The van der Waals surface area contributed by atoms with E-state index >= 15 is 0 Å². The van der Waals surface area contributed by atoms with E-state index in [0.717, 1.165) is 43.9 Å². The zero-order valence-electron chi connectivity index (χ0n) is 21.3. The lowest BCUT2D eigenvalue weighted by Crippen LogP contribution is -2.54. The zero-order valence-corrected chi connectivity index (χ0v) is 21.3. The first-order chi connectivity index (χ1) is 17.6. The highest BCUT2D eigenvalue weighted by atomic mass is 16.3. The Balaban J connectivity index is 1.37. The Morgan fingerprint density at radius 3 is 1.92 bits per heavy atom. The number of β-amino-alcohol motifs (C(OH)–C–C–N with tert-alkyl or cyclic N) is 1. The molecule has 1 fully saturated rings. The van der Waals surface area contributed by atoms with Crippen LogP contribution in [0.25, 0.3) is 0 Å². The molecule has 0 radical (unpaired) electrons. The second-order valence-corrected chi connectivity index (χ2v) is 9.81. The first-order valence-electron chi connectivity index (χ1n) is 13.2. The topological polar surface area (TPSA) is 55.8 Å². The Morgan fingerprint density at radius 1 is 0.806 bits per heavy atom. The minimum absolute atomic E-state index is 0.0173. The molecular formula is C31H39N3O2. The summed E-state index contributed by atoms with van der Waals surface area (Å²) in [5.74, 6) is -0.241. The average molecular weight is 486 g/mol. The molecule has 1 amide bonds. The molecule has 3 aromatic carbocycles. The maximum absolute atomic E-state index is 13.3. The molecule has 1 unspecified atom stereocenters. The molecule has 0 spiro atoms. The molecule has 5 heteroatoms. The molecule has 1 heterocycles. The number of hydrogen-bond acceptors (Lipinski definition) is 4. The molecule has 3 atom stereocenters. The molecule has 0 aliphatic carbocycles. The van der Waals surface area contributed by atoms with Crippen molar-refractivity contribution in [2.24, 2.45) is 0 Å². The highest BCUT2D eigenvalue weighted by Gasteiger charge is 2.28. The van der Waals surface area contributed by atoms with E-state index in [1.54, 1.807) is 0 Å². The fourth-order valence-electron chi connectivity index (χ4n) is 5.06. The summed E-state index contributed by atoms with van der Waals surface area (Å²) in [7, 11) is 0. The predicted octanol–water partition coefficient (Wildman–Crippen LogP) is 4.09. The molecule has 5 nitrogen and oxygen atoms in total. The van der Waals surface area contributed by atoms with Crippen LogP contribution >= 0.6 is 0 Å². The second-order valence-electron chi connectivity index (χ2n) is 9.81. The van der Waals surface area contributed by atoms with Crippen LogP contribution in [-0.2, 0) is 17.8 Å². The number of hydrogen-bond donors (Lipinski definition) is 2. The van der Waals surface area contributed by atoms with Crippen molar-refractivity contribution in [1.82, 2.24) is 15.1 Å². The Bertz CT molecular complexity index is 1040. The summed E-state index contributed by atoms with van der Waals surface area (Å²) in [6.45, 7) is 7.33. The third kappa shape index (κ3) is 7.50. The number of aliphatic hydroxyl groups is 1. The Labute approximate surface area is 215 Å². The molecule has 1 saturated heterocycles. The maximum atomic E-state index is 13.3. The van der Waals surface area contributed by atoms with Crippen LogP contribution in [0.1, 0.15) is 36.0 Å². The van der Waals surface area contributed by atoms with Gasteiger partial charge in [-0.1, -0.05) is 97.9 Å². The standard InChI is InChI=1S/C31H39N3O2/c1-2-28(27-16-10-5-11-17-27)31(36)32-29(22-25-12-6-3-7-13-25)30(35)24-34-20-18-33(19-21-34)23-26-14-8-4-9-15-26/h3-17,28-30,35H,2,18-24H2,1H3,(H,32,36)/t28?,29-,30-/m0/s1. The minimum atomic E-state index is -0.650. The van der Waals surface area contributed by atoms with Crippen LogP contribution in [0.4, 0.5) is 0 Å². The van der Waals surface area contributed by atoms with Crippen molar-refractivity contribution in [3.63, 3.8) is 0 Å². The molecule has 0 saturated carbocycles. The van der Waals surface area contributed by atoms with Gasteiger partial charge < -0.3 is 10.4 Å². The van der Waals surface area contributed by atoms with E-state index in [1.807, 2.05) is 55.5 Å². The third-order valence-corrected chi connectivity index (χ3v) is 7.18. The highest BCUT2D eigenvalue weighted by Crippen LogP contribution is 2.20. The van der Waals surface area contributed by atoms with Gasteiger partial charge in [0, 0.05) is 39.3 Å². The van der Waals surface area contributed by atoms with Crippen molar-refractivity contribution in [1.29, 1.82) is 0 Å². The first-order valence-corrected chi connectivity index (χ1v) is 13.2. The van der Waals surface area contributed by atoms with E-state index in [0.29, 0.717) is 19.4 Å². The van der Waals surface area contributed by atoms with Crippen molar-refractivity contribution in [2.45, 2.75) is 44.4 Å². The summed E-state index contributed by atoms with van der Waals surface area (Å²) in [6.07, 6.45) is 0.670. The highest BCUT2D eigenvalue weighted by molar-refractivity contribution is 5.83. The van der Waals surface area contributed by atoms with Gasteiger partial charge in [0.1, 0.15) is 0 Å². The number of carbonyl (C=O) groups excluding carboxylic acids is 1. The van der Waals surface area contributed by atoms with Gasteiger partial charge in [-0.2, -0.15) is 0 Å². The van der Waals surface area contributed by atoms with Crippen molar-refractivity contribution >= 4 is 5.91 Å². The summed E-state index contributed by atoms with van der Waals surface area (Å²) >= 11 is 0. The lowest BCUT2D eigenvalue weighted by molar-refractivity contribution is -0.124.